The van der Waals surface area contributed by atoms with Crippen molar-refractivity contribution in [2.45, 2.75) is 39.2 Å². The first kappa shape index (κ1) is 15.9. The van der Waals surface area contributed by atoms with Gasteiger partial charge in [-0.25, -0.2) is 13.1 Å². The maximum atomic E-state index is 11.5. The van der Waals surface area contributed by atoms with Gasteiger partial charge in [0.2, 0.25) is 10.0 Å². The van der Waals surface area contributed by atoms with Crippen molar-refractivity contribution >= 4 is 10.0 Å². The van der Waals surface area contributed by atoms with Crippen LogP contribution < -0.4 is 10.0 Å². The molecule has 0 radical (unpaired) electrons. The number of nitrogens with zero attached hydrogens (tertiary/aromatic N) is 1. The molecule has 5 nitrogen and oxygen atoms in total. The number of piperidine rings is 1. The monoisotopic (exact) mass is 277 g/mol. The summed E-state index contributed by atoms with van der Waals surface area (Å²) in [6.45, 7) is 8.47. The second-order valence-corrected chi connectivity index (χ2v) is 6.81. The average Bonchev–Trinajstić information content (AvgIpc) is 2.31. The summed E-state index contributed by atoms with van der Waals surface area (Å²) in [4.78, 5) is 2.48. The van der Waals surface area contributed by atoms with Crippen LogP contribution in [-0.2, 0) is 10.0 Å². The van der Waals surface area contributed by atoms with Gasteiger partial charge in [0.05, 0.1) is 5.75 Å². The first-order valence-corrected chi connectivity index (χ1v) is 8.65. The van der Waals surface area contributed by atoms with Crippen molar-refractivity contribution in [1.82, 2.24) is 14.9 Å². The number of hydrogen-bond donors (Lipinski definition) is 2. The van der Waals surface area contributed by atoms with Crippen LogP contribution in [0.1, 0.15) is 33.1 Å². The van der Waals surface area contributed by atoms with Crippen molar-refractivity contribution in [2.75, 3.05) is 38.5 Å². The Hall–Kier alpha value is -0.170. The van der Waals surface area contributed by atoms with E-state index in [2.05, 4.69) is 21.9 Å². The van der Waals surface area contributed by atoms with E-state index in [1.165, 1.54) is 13.0 Å². The van der Waals surface area contributed by atoms with Gasteiger partial charge in [-0.05, 0) is 38.9 Å². The van der Waals surface area contributed by atoms with E-state index >= 15 is 0 Å². The van der Waals surface area contributed by atoms with E-state index in [4.69, 9.17) is 0 Å². The van der Waals surface area contributed by atoms with Gasteiger partial charge in [0.1, 0.15) is 0 Å². The molecule has 0 unspecified atom stereocenters. The molecule has 1 aliphatic rings. The molecule has 0 bridgehead atoms. The topological polar surface area (TPSA) is 61.4 Å². The molecule has 0 aromatic heterocycles. The molecule has 0 aliphatic carbocycles. The van der Waals surface area contributed by atoms with E-state index in [0.29, 0.717) is 19.1 Å². The molecular formula is C12H27N3O2S. The number of hydrogen-bond acceptors (Lipinski definition) is 4. The fourth-order valence-electron chi connectivity index (χ4n) is 2.37. The summed E-state index contributed by atoms with van der Waals surface area (Å²) in [6.07, 6.45) is 3.46. The minimum Gasteiger partial charge on any atom is -0.313 e. The van der Waals surface area contributed by atoms with Gasteiger partial charge in [0, 0.05) is 19.1 Å². The molecule has 18 heavy (non-hydrogen) atoms. The van der Waals surface area contributed by atoms with Crippen LogP contribution in [0.25, 0.3) is 0 Å². The Morgan fingerprint density at radius 3 is 2.44 bits per heavy atom. The molecule has 0 saturated carbocycles. The van der Waals surface area contributed by atoms with Gasteiger partial charge in [-0.1, -0.05) is 13.8 Å². The second-order valence-electron chi connectivity index (χ2n) is 4.89. The fourth-order valence-corrected chi connectivity index (χ4v) is 3.34. The van der Waals surface area contributed by atoms with E-state index in [1.807, 2.05) is 0 Å². The largest absolute Gasteiger partial charge is 0.313 e. The molecule has 1 rings (SSSR count). The van der Waals surface area contributed by atoms with Gasteiger partial charge in [-0.2, -0.15) is 0 Å². The Bertz CT molecular complexity index is 311. The summed E-state index contributed by atoms with van der Waals surface area (Å²) in [6, 6.07) is 0.481. The zero-order valence-corrected chi connectivity index (χ0v) is 12.4. The highest BCUT2D eigenvalue weighted by Gasteiger charge is 2.18. The molecule has 108 valence electrons. The molecule has 1 fully saturated rings. The van der Waals surface area contributed by atoms with Gasteiger partial charge in [0.15, 0.2) is 0 Å². The van der Waals surface area contributed by atoms with Gasteiger partial charge in [0.25, 0.3) is 0 Å². The van der Waals surface area contributed by atoms with Crippen LogP contribution in [0.4, 0.5) is 0 Å². The second kappa shape index (κ2) is 8.09. The Balaban J connectivity index is 2.14. The van der Waals surface area contributed by atoms with Gasteiger partial charge >= 0.3 is 0 Å². The van der Waals surface area contributed by atoms with Crippen LogP contribution >= 0.6 is 0 Å². The van der Waals surface area contributed by atoms with E-state index in [9.17, 15) is 8.42 Å². The summed E-state index contributed by atoms with van der Waals surface area (Å²) >= 11 is 0. The van der Waals surface area contributed by atoms with Crippen LogP contribution in [0.5, 0.6) is 0 Å². The van der Waals surface area contributed by atoms with Gasteiger partial charge < -0.3 is 10.2 Å². The standard InChI is InChI=1S/C12H27N3O2S/c1-3-8-15-9-5-12(6-10-15)13-7-11-18(16,17)14-4-2/h12-14H,3-11H2,1-2H3. The van der Waals surface area contributed by atoms with Crippen molar-refractivity contribution in [3.63, 3.8) is 0 Å². The molecule has 0 atom stereocenters. The van der Waals surface area contributed by atoms with E-state index in [1.54, 1.807) is 6.92 Å². The van der Waals surface area contributed by atoms with Crippen molar-refractivity contribution in [2.24, 2.45) is 0 Å². The highest BCUT2D eigenvalue weighted by molar-refractivity contribution is 7.89. The summed E-state index contributed by atoms with van der Waals surface area (Å²) < 4.78 is 25.4. The zero-order chi connectivity index (χ0) is 13.4. The van der Waals surface area contributed by atoms with Gasteiger partial charge in [-0.3, -0.25) is 0 Å². The third-order valence-electron chi connectivity index (χ3n) is 3.30. The quantitative estimate of drug-likeness (QED) is 0.674. The Morgan fingerprint density at radius 1 is 1.22 bits per heavy atom. The SMILES string of the molecule is CCCN1CCC(NCCS(=O)(=O)NCC)CC1. The molecule has 0 spiro atoms. The minimum atomic E-state index is -3.07. The number of nitrogens with one attached hydrogen (secondary N) is 2. The smallest absolute Gasteiger partial charge is 0.212 e. The van der Waals surface area contributed by atoms with Crippen LogP contribution in [0.3, 0.4) is 0 Å². The molecule has 0 aromatic rings. The zero-order valence-electron chi connectivity index (χ0n) is 11.6. The number of sulfonamides is 1. The molecule has 1 aliphatic heterocycles. The molecule has 6 heteroatoms. The van der Waals surface area contributed by atoms with E-state index < -0.39 is 10.0 Å². The van der Waals surface area contributed by atoms with Crippen LogP contribution in [0, 0.1) is 0 Å². The Kier molecular flexibility index (Phi) is 7.14. The average molecular weight is 277 g/mol. The number of likely N-dealkylation sites (tertiary alicyclic amines) is 1. The Morgan fingerprint density at radius 2 is 1.89 bits per heavy atom. The van der Waals surface area contributed by atoms with Crippen molar-refractivity contribution in [3.05, 3.63) is 0 Å². The fraction of sp³-hybridized carbons (Fsp3) is 1.00. The molecule has 1 heterocycles. The molecule has 1 saturated heterocycles. The lowest BCUT2D eigenvalue weighted by Gasteiger charge is -2.32. The lowest BCUT2D eigenvalue weighted by molar-refractivity contribution is 0.199. The van der Waals surface area contributed by atoms with Crippen LogP contribution in [0.15, 0.2) is 0 Å². The molecular weight excluding hydrogens is 250 g/mol. The van der Waals surface area contributed by atoms with Crippen molar-refractivity contribution in [3.8, 4) is 0 Å². The maximum Gasteiger partial charge on any atom is 0.212 e. The highest BCUT2D eigenvalue weighted by atomic mass is 32.2. The first-order valence-electron chi connectivity index (χ1n) is 7.00. The highest BCUT2D eigenvalue weighted by Crippen LogP contribution is 2.10. The molecule has 0 aromatic carbocycles. The lowest BCUT2D eigenvalue weighted by atomic mass is 10.1. The predicted octanol–water partition coefficient (Wildman–Crippen LogP) is 0.390. The molecule has 0 amide bonds. The van der Waals surface area contributed by atoms with Crippen molar-refractivity contribution < 1.29 is 8.42 Å². The minimum absolute atomic E-state index is 0.177. The summed E-state index contributed by atoms with van der Waals surface area (Å²) in [7, 11) is -3.07. The van der Waals surface area contributed by atoms with E-state index in [-0.39, 0.29) is 5.75 Å². The predicted molar refractivity (Wildman–Crippen MR) is 75.2 cm³/mol. The third kappa shape index (κ3) is 6.13. The third-order valence-corrected chi connectivity index (χ3v) is 4.77. The summed E-state index contributed by atoms with van der Waals surface area (Å²) in [5.74, 6) is 0.177. The van der Waals surface area contributed by atoms with Crippen LogP contribution in [-0.4, -0.2) is 57.8 Å². The van der Waals surface area contributed by atoms with Crippen molar-refractivity contribution in [1.29, 1.82) is 0 Å². The lowest BCUT2D eigenvalue weighted by Crippen LogP contribution is -2.44. The Labute approximate surface area is 111 Å². The van der Waals surface area contributed by atoms with Gasteiger partial charge in [-0.15, -0.1) is 0 Å². The summed E-state index contributed by atoms with van der Waals surface area (Å²) in [5.41, 5.74) is 0. The normalized spacial score (nSPS) is 19.2. The number of rotatable bonds is 8. The van der Waals surface area contributed by atoms with Crippen LogP contribution in [0.2, 0.25) is 0 Å². The first-order chi connectivity index (χ1) is 8.57. The summed E-state index contributed by atoms with van der Waals surface area (Å²) in [5, 5.41) is 3.35. The van der Waals surface area contributed by atoms with E-state index in [0.717, 1.165) is 25.9 Å². The molecule has 2 N–H and O–H groups in total. The maximum absolute atomic E-state index is 11.5.